The number of nitrogens with one attached hydrogen (secondary N) is 2. The summed E-state index contributed by atoms with van der Waals surface area (Å²) in [7, 11) is 0. The SMILES string of the molecule is Ic1ccccc1NCc1ncc[nH]1. The second kappa shape index (κ2) is 4.45. The van der Waals surface area contributed by atoms with Crippen LogP contribution in [0.5, 0.6) is 0 Å². The lowest BCUT2D eigenvalue weighted by Crippen LogP contribution is -2.02. The summed E-state index contributed by atoms with van der Waals surface area (Å²) < 4.78 is 1.22. The van der Waals surface area contributed by atoms with Crippen molar-refractivity contribution in [3.05, 3.63) is 46.1 Å². The minimum Gasteiger partial charge on any atom is -0.377 e. The lowest BCUT2D eigenvalue weighted by Gasteiger charge is -2.05. The van der Waals surface area contributed by atoms with Gasteiger partial charge in [0.15, 0.2) is 0 Å². The van der Waals surface area contributed by atoms with Crippen LogP contribution in [0.25, 0.3) is 0 Å². The molecule has 72 valence electrons. The number of nitrogens with zero attached hydrogens (tertiary/aromatic N) is 1. The molecule has 0 unspecified atom stereocenters. The summed E-state index contributed by atoms with van der Waals surface area (Å²) in [4.78, 5) is 7.19. The first kappa shape index (κ1) is 9.51. The second-order valence-electron chi connectivity index (χ2n) is 2.87. The van der Waals surface area contributed by atoms with E-state index in [-0.39, 0.29) is 0 Å². The number of halogens is 1. The Morgan fingerprint density at radius 2 is 2.21 bits per heavy atom. The average molecular weight is 299 g/mol. The lowest BCUT2D eigenvalue weighted by atomic mass is 10.3. The second-order valence-corrected chi connectivity index (χ2v) is 4.03. The van der Waals surface area contributed by atoms with Gasteiger partial charge in [-0.1, -0.05) is 12.1 Å². The van der Waals surface area contributed by atoms with E-state index in [0.29, 0.717) is 0 Å². The number of rotatable bonds is 3. The fraction of sp³-hybridized carbons (Fsp3) is 0.100. The number of H-pyrrole nitrogens is 1. The van der Waals surface area contributed by atoms with E-state index in [1.165, 1.54) is 3.57 Å². The van der Waals surface area contributed by atoms with E-state index in [1.54, 1.807) is 6.20 Å². The van der Waals surface area contributed by atoms with Crippen LogP contribution in [0.2, 0.25) is 0 Å². The van der Waals surface area contributed by atoms with Gasteiger partial charge in [-0.25, -0.2) is 4.98 Å². The molecule has 1 aromatic carbocycles. The lowest BCUT2D eigenvalue weighted by molar-refractivity contribution is 0.999. The van der Waals surface area contributed by atoms with Crippen molar-refractivity contribution in [1.29, 1.82) is 0 Å². The molecule has 2 aromatic rings. The Balaban J connectivity index is 2.02. The van der Waals surface area contributed by atoms with Gasteiger partial charge in [-0.3, -0.25) is 0 Å². The number of imidazole rings is 1. The third-order valence-corrected chi connectivity index (χ3v) is 2.82. The molecular weight excluding hydrogens is 289 g/mol. The summed E-state index contributed by atoms with van der Waals surface area (Å²) in [5.74, 6) is 0.949. The first-order valence-electron chi connectivity index (χ1n) is 4.33. The first-order valence-corrected chi connectivity index (χ1v) is 5.41. The van der Waals surface area contributed by atoms with Crippen molar-refractivity contribution >= 4 is 28.3 Å². The summed E-state index contributed by atoms with van der Waals surface area (Å²) >= 11 is 2.31. The minimum absolute atomic E-state index is 0.729. The topological polar surface area (TPSA) is 40.7 Å². The van der Waals surface area contributed by atoms with E-state index in [0.717, 1.165) is 18.1 Å². The van der Waals surface area contributed by atoms with Gasteiger partial charge in [0.05, 0.1) is 6.54 Å². The Kier molecular flexibility index (Phi) is 3.03. The maximum Gasteiger partial charge on any atom is 0.125 e. The van der Waals surface area contributed by atoms with Gasteiger partial charge in [-0.15, -0.1) is 0 Å². The van der Waals surface area contributed by atoms with Crippen molar-refractivity contribution in [2.24, 2.45) is 0 Å². The van der Waals surface area contributed by atoms with Gasteiger partial charge in [-0.2, -0.15) is 0 Å². The van der Waals surface area contributed by atoms with Crippen LogP contribution in [-0.4, -0.2) is 9.97 Å². The molecule has 0 aliphatic carbocycles. The number of para-hydroxylation sites is 1. The summed E-state index contributed by atoms with van der Waals surface area (Å²) in [5.41, 5.74) is 1.14. The van der Waals surface area contributed by atoms with Crippen LogP contribution in [0, 0.1) is 3.57 Å². The molecule has 1 heterocycles. The highest BCUT2D eigenvalue weighted by molar-refractivity contribution is 14.1. The molecule has 2 N–H and O–H groups in total. The molecule has 0 bridgehead atoms. The Bertz CT molecular complexity index is 398. The first-order chi connectivity index (χ1) is 6.86. The molecule has 0 atom stereocenters. The van der Waals surface area contributed by atoms with E-state index in [1.807, 2.05) is 18.3 Å². The normalized spacial score (nSPS) is 10.1. The molecule has 14 heavy (non-hydrogen) atoms. The van der Waals surface area contributed by atoms with E-state index in [9.17, 15) is 0 Å². The maximum absolute atomic E-state index is 4.14. The van der Waals surface area contributed by atoms with Crippen molar-refractivity contribution in [3.63, 3.8) is 0 Å². The van der Waals surface area contributed by atoms with Crippen LogP contribution in [0.3, 0.4) is 0 Å². The van der Waals surface area contributed by atoms with Crippen LogP contribution < -0.4 is 5.32 Å². The van der Waals surface area contributed by atoms with Crippen LogP contribution >= 0.6 is 22.6 Å². The van der Waals surface area contributed by atoms with Crippen molar-refractivity contribution in [1.82, 2.24) is 9.97 Å². The van der Waals surface area contributed by atoms with E-state index in [4.69, 9.17) is 0 Å². The van der Waals surface area contributed by atoms with Crippen LogP contribution in [0.1, 0.15) is 5.82 Å². The summed E-state index contributed by atoms with van der Waals surface area (Å²) in [6.07, 6.45) is 3.58. The van der Waals surface area contributed by atoms with Crippen molar-refractivity contribution < 1.29 is 0 Å². The molecule has 1 aromatic heterocycles. The molecule has 0 radical (unpaired) electrons. The smallest absolute Gasteiger partial charge is 0.125 e. The third kappa shape index (κ3) is 2.25. The van der Waals surface area contributed by atoms with Crippen LogP contribution in [0.15, 0.2) is 36.7 Å². The monoisotopic (exact) mass is 299 g/mol. The number of hydrogen-bond acceptors (Lipinski definition) is 2. The standard InChI is InChI=1S/C10H10IN3/c11-8-3-1-2-4-9(8)14-7-10-12-5-6-13-10/h1-6,14H,7H2,(H,12,13). The number of hydrogen-bond donors (Lipinski definition) is 2. The van der Waals surface area contributed by atoms with Gasteiger partial charge < -0.3 is 10.3 Å². The van der Waals surface area contributed by atoms with Gasteiger partial charge in [0, 0.05) is 21.7 Å². The molecule has 3 nitrogen and oxygen atoms in total. The quantitative estimate of drug-likeness (QED) is 0.855. The zero-order valence-corrected chi connectivity index (χ0v) is 9.65. The third-order valence-electron chi connectivity index (χ3n) is 1.87. The van der Waals surface area contributed by atoms with Crippen molar-refractivity contribution in [2.45, 2.75) is 6.54 Å². The number of aromatic amines is 1. The van der Waals surface area contributed by atoms with E-state index < -0.39 is 0 Å². The highest BCUT2D eigenvalue weighted by Crippen LogP contribution is 2.17. The van der Waals surface area contributed by atoms with Gasteiger partial charge in [0.2, 0.25) is 0 Å². The predicted octanol–water partition coefficient (Wildman–Crippen LogP) is 2.63. The van der Waals surface area contributed by atoms with Gasteiger partial charge in [0.1, 0.15) is 5.82 Å². The molecular formula is C10H10IN3. The minimum atomic E-state index is 0.729. The van der Waals surface area contributed by atoms with Crippen LogP contribution in [0.4, 0.5) is 5.69 Å². The Morgan fingerprint density at radius 3 is 2.93 bits per heavy atom. The molecule has 0 spiro atoms. The van der Waals surface area contributed by atoms with E-state index in [2.05, 4.69) is 50.0 Å². The molecule has 0 amide bonds. The predicted molar refractivity (Wildman–Crippen MR) is 65.1 cm³/mol. The number of benzene rings is 1. The fourth-order valence-electron chi connectivity index (χ4n) is 1.18. The summed E-state index contributed by atoms with van der Waals surface area (Å²) in [6, 6.07) is 8.18. The van der Waals surface area contributed by atoms with Gasteiger partial charge in [-0.05, 0) is 34.7 Å². The Morgan fingerprint density at radius 1 is 1.36 bits per heavy atom. The molecule has 0 aliphatic rings. The molecule has 0 fully saturated rings. The summed E-state index contributed by atoms with van der Waals surface area (Å²) in [6.45, 7) is 0.729. The van der Waals surface area contributed by atoms with Gasteiger partial charge in [0.25, 0.3) is 0 Å². The largest absolute Gasteiger partial charge is 0.377 e. The molecule has 0 saturated carbocycles. The molecule has 2 rings (SSSR count). The molecule has 4 heteroatoms. The van der Waals surface area contributed by atoms with Crippen molar-refractivity contribution in [2.75, 3.05) is 5.32 Å². The summed E-state index contributed by atoms with van der Waals surface area (Å²) in [5, 5.41) is 3.31. The molecule has 0 saturated heterocycles. The Labute approximate surface area is 96.1 Å². The highest BCUT2D eigenvalue weighted by Gasteiger charge is 1.98. The fourth-order valence-corrected chi connectivity index (χ4v) is 1.76. The maximum atomic E-state index is 4.14. The van der Waals surface area contributed by atoms with Crippen molar-refractivity contribution in [3.8, 4) is 0 Å². The zero-order valence-electron chi connectivity index (χ0n) is 7.50. The number of aromatic nitrogens is 2. The Hall–Kier alpha value is -1.04. The molecule has 0 aliphatic heterocycles. The van der Waals surface area contributed by atoms with Gasteiger partial charge >= 0.3 is 0 Å². The van der Waals surface area contributed by atoms with Crippen LogP contribution in [-0.2, 0) is 6.54 Å². The van der Waals surface area contributed by atoms with E-state index >= 15 is 0 Å². The zero-order chi connectivity index (χ0) is 9.80. The average Bonchev–Trinajstić information content (AvgIpc) is 2.69. The highest BCUT2D eigenvalue weighted by atomic mass is 127. The number of anilines is 1.